The van der Waals surface area contributed by atoms with Gasteiger partial charge in [0.1, 0.15) is 17.5 Å². The van der Waals surface area contributed by atoms with Crippen LogP contribution in [0.2, 0.25) is 0 Å². The van der Waals surface area contributed by atoms with E-state index in [0.717, 1.165) is 12.3 Å². The van der Waals surface area contributed by atoms with E-state index in [9.17, 15) is 22.8 Å². The van der Waals surface area contributed by atoms with Gasteiger partial charge in [-0.25, -0.2) is 4.98 Å². The van der Waals surface area contributed by atoms with Crippen LogP contribution in [0, 0.1) is 0 Å². The number of alkyl halides is 3. The molecule has 1 aromatic carbocycles. The number of hydrogen-bond donors (Lipinski definition) is 1. The molecule has 0 atom stereocenters. The number of nitrogens with zero attached hydrogens (tertiary/aromatic N) is 2. The molecule has 134 valence electrons. The molecule has 0 saturated carbocycles. The zero-order valence-corrected chi connectivity index (χ0v) is 13.2. The lowest BCUT2D eigenvalue weighted by atomic mass is 10.2. The predicted molar refractivity (Wildman–Crippen MR) is 85.3 cm³/mol. The van der Waals surface area contributed by atoms with Crippen LogP contribution in [0.5, 0.6) is 0 Å². The van der Waals surface area contributed by atoms with Gasteiger partial charge in [-0.3, -0.25) is 14.2 Å². The van der Waals surface area contributed by atoms with Crippen LogP contribution >= 0.6 is 0 Å². The fourth-order valence-electron chi connectivity index (χ4n) is 2.43. The van der Waals surface area contributed by atoms with Crippen molar-refractivity contribution >= 4 is 5.91 Å². The van der Waals surface area contributed by atoms with Crippen molar-refractivity contribution in [3.63, 3.8) is 0 Å². The Morgan fingerprint density at radius 1 is 1.15 bits per heavy atom. The highest BCUT2D eigenvalue weighted by molar-refractivity contribution is 5.92. The van der Waals surface area contributed by atoms with Crippen LogP contribution in [-0.4, -0.2) is 15.5 Å². The van der Waals surface area contributed by atoms with E-state index in [2.05, 4.69) is 4.98 Å². The summed E-state index contributed by atoms with van der Waals surface area (Å²) in [5, 5.41) is 0. The topological polar surface area (TPSA) is 91.1 Å². The SMILES string of the molecule is NC(=O)c1ccc(C(F)(F)F)n(Cc2coc(-c3ccccc3)n2)c1=O. The van der Waals surface area contributed by atoms with Gasteiger partial charge >= 0.3 is 6.18 Å². The molecule has 6 nitrogen and oxygen atoms in total. The van der Waals surface area contributed by atoms with Gasteiger partial charge < -0.3 is 10.2 Å². The standard InChI is InChI=1S/C17H12F3N3O3/c18-17(19,20)13-7-6-12(14(21)24)16(25)23(13)8-11-9-26-15(22-11)10-4-2-1-3-5-10/h1-7,9H,8H2,(H2,21,24). The summed E-state index contributed by atoms with van der Waals surface area (Å²) in [6.45, 7) is -0.523. The molecule has 0 fully saturated rings. The zero-order chi connectivity index (χ0) is 18.9. The summed E-state index contributed by atoms with van der Waals surface area (Å²) >= 11 is 0. The van der Waals surface area contributed by atoms with E-state index in [4.69, 9.17) is 10.2 Å². The van der Waals surface area contributed by atoms with Crippen LogP contribution in [0.25, 0.3) is 11.5 Å². The summed E-state index contributed by atoms with van der Waals surface area (Å²) in [7, 11) is 0. The molecule has 2 aromatic heterocycles. The third kappa shape index (κ3) is 3.37. The summed E-state index contributed by atoms with van der Waals surface area (Å²) in [6.07, 6.45) is -3.63. The Balaban J connectivity index is 2.04. The summed E-state index contributed by atoms with van der Waals surface area (Å²) in [6, 6.07) is 10.1. The van der Waals surface area contributed by atoms with Crippen molar-refractivity contribution in [1.82, 2.24) is 9.55 Å². The first-order chi connectivity index (χ1) is 12.3. The number of pyridine rings is 1. The minimum Gasteiger partial charge on any atom is -0.444 e. The molecule has 0 spiro atoms. The van der Waals surface area contributed by atoms with E-state index in [0.29, 0.717) is 16.2 Å². The van der Waals surface area contributed by atoms with Gasteiger partial charge in [0.2, 0.25) is 5.89 Å². The van der Waals surface area contributed by atoms with Crippen molar-refractivity contribution in [1.29, 1.82) is 0 Å². The van der Waals surface area contributed by atoms with Gasteiger partial charge in [-0.15, -0.1) is 0 Å². The summed E-state index contributed by atoms with van der Waals surface area (Å²) in [5.74, 6) is -0.907. The number of carbonyl (C=O) groups excluding carboxylic acids is 1. The average Bonchev–Trinajstić information content (AvgIpc) is 3.04. The third-order valence-electron chi connectivity index (χ3n) is 3.62. The quantitative estimate of drug-likeness (QED) is 0.771. The van der Waals surface area contributed by atoms with Crippen molar-refractivity contribution < 1.29 is 22.4 Å². The molecule has 0 saturated heterocycles. The maximum absolute atomic E-state index is 13.2. The molecular weight excluding hydrogens is 351 g/mol. The van der Waals surface area contributed by atoms with E-state index >= 15 is 0 Å². The fourth-order valence-corrected chi connectivity index (χ4v) is 2.43. The van der Waals surface area contributed by atoms with E-state index in [1.165, 1.54) is 0 Å². The maximum Gasteiger partial charge on any atom is 0.431 e. The number of amides is 1. The molecule has 0 aliphatic carbocycles. The number of nitrogens with two attached hydrogens (primary N) is 1. The van der Waals surface area contributed by atoms with Gasteiger partial charge in [-0.05, 0) is 24.3 Å². The van der Waals surface area contributed by atoms with Crippen LogP contribution in [0.1, 0.15) is 21.7 Å². The van der Waals surface area contributed by atoms with E-state index in [-0.39, 0.29) is 11.6 Å². The number of rotatable bonds is 4. The van der Waals surface area contributed by atoms with Crippen LogP contribution in [0.15, 0.2) is 57.9 Å². The van der Waals surface area contributed by atoms with Gasteiger partial charge in [0, 0.05) is 5.56 Å². The maximum atomic E-state index is 13.2. The number of carbonyl (C=O) groups is 1. The molecular formula is C17H12F3N3O3. The van der Waals surface area contributed by atoms with Crippen molar-refractivity contribution in [2.24, 2.45) is 5.73 Å². The van der Waals surface area contributed by atoms with Crippen molar-refractivity contribution in [3.8, 4) is 11.5 Å². The second-order valence-electron chi connectivity index (χ2n) is 5.40. The lowest BCUT2D eigenvalue weighted by molar-refractivity contribution is -0.144. The van der Waals surface area contributed by atoms with Crippen molar-refractivity contribution in [2.75, 3.05) is 0 Å². The highest BCUT2D eigenvalue weighted by atomic mass is 19.4. The van der Waals surface area contributed by atoms with Gasteiger partial charge in [0.25, 0.3) is 11.5 Å². The van der Waals surface area contributed by atoms with Crippen molar-refractivity contribution in [3.05, 3.63) is 76.0 Å². The molecule has 0 bridgehead atoms. The Morgan fingerprint density at radius 3 is 2.46 bits per heavy atom. The largest absolute Gasteiger partial charge is 0.444 e. The Bertz CT molecular complexity index is 1010. The molecule has 2 heterocycles. The first-order valence-corrected chi connectivity index (χ1v) is 7.38. The monoisotopic (exact) mass is 363 g/mol. The van der Waals surface area contributed by atoms with Gasteiger partial charge in [-0.2, -0.15) is 13.2 Å². The molecule has 0 aliphatic rings. The van der Waals surface area contributed by atoms with Crippen LogP contribution in [0.4, 0.5) is 13.2 Å². The number of aromatic nitrogens is 2. The van der Waals surface area contributed by atoms with E-state index in [1.807, 2.05) is 0 Å². The predicted octanol–water partition coefficient (Wildman–Crippen LogP) is 2.67. The van der Waals surface area contributed by atoms with E-state index < -0.39 is 35.4 Å². The van der Waals surface area contributed by atoms with Gasteiger partial charge in [0.15, 0.2) is 0 Å². The average molecular weight is 363 g/mol. The van der Waals surface area contributed by atoms with Crippen LogP contribution in [0.3, 0.4) is 0 Å². The second-order valence-corrected chi connectivity index (χ2v) is 5.40. The Hall–Kier alpha value is -3.36. The Labute approximate surface area is 144 Å². The van der Waals surface area contributed by atoms with E-state index in [1.54, 1.807) is 30.3 Å². The summed E-state index contributed by atoms with van der Waals surface area (Å²) in [5.41, 5.74) is 2.89. The molecule has 0 unspecified atom stereocenters. The Kier molecular flexibility index (Phi) is 4.37. The molecule has 9 heteroatoms. The summed E-state index contributed by atoms with van der Waals surface area (Å²) < 4.78 is 45.3. The second kappa shape index (κ2) is 6.51. The minimum atomic E-state index is -4.79. The highest BCUT2D eigenvalue weighted by Crippen LogP contribution is 2.29. The lowest BCUT2D eigenvalue weighted by Gasteiger charge is -2.15. The highest BCUT2D eigenvalue weighted by Gasteiger charge is 2.35. The number of benzene rings is 1. The molecule has 3 rings (SSSR count). The molecule has 2 N–H and O–H groups in total. The third-order valence-corrected chi connectivity index (χ3v) is 3.62. The van der Waals surface area contributed by atoms with Crippen molar-refractivity contribution in [2.45, 2.75) is 12.7 Å². The lowest BCUT2D eigenvalue weighted by Crippen LogP contribution is -2.34. The van der Waals surface area contributed by atoms with Gasteiger partial charge in [0.05, 0.1) is 12.2 Å². The molecule has 3 aromatic rings. The smallest absolute Gasteiger partial charge is 0.431 e. The number of oxazole rings is 1. The molecule has 0 radical (unpaired) electrons. The fraction of sp³-hybridized carbons (Fsp3) is 0.118. The van der Waals surface area contributed by atoms with Gasteiger partial charge in [-0.1, -0.05) is 18.2 Å². The molecule has 0 aliphatic heterocycles. The number of halogens is 3. The number of primary amides is 1. The Morgan fingerprint density at radius 2 is 1.85 bits per heavy atom. The normalized spacial score (nSPS) is 11.5. The van der Waals surface area contributed by atoms with Crippen LogP contribution in [-0.2, 0) is 12.7 Å². The zero-order valence-electron chi connectivity index (χ0n) is 13.2. The first-order valence-electron chi connectivity index (χ1n) is 7.38. The minimum absolute atomic E-state index is 0.0954. The molecule has 1 amide bonds. The number of hydrogen-bond acceptors (Lipinski definition) is 4. The summed E-state index contributed by atoms with van der Waals surface area (Å²) in [4.78, 5) is 27.6. The molecule has 26 heavy (non-hydrogen) atoms. The first kappa shape index (κ1) is 17.5. The van der Waals surface area contributed by atoms with Crippen LogP contribution < -0.4 is 11.3 Å².